The van der Waals surface area contributed by atoms with Crippen molar-refractivity contribution in [2.75, 3.05) is 38.2 Å². The molecule has 0 saturated carbocycles. The summed E-state index contributed by atoms with van der Waals surface area (Å²) in [5.41, 5.74) is 3.33. The number of nitrogens with one attached hydrogen (secondary N) is 2. The number of H-pyrrole nitrogens is 1. The third-order valence-electron chi connectivity index (χ3n) is 5.68. The molecule has 28 heavy (non-hydrogen) atoms. The van der Waals surface area contributed by atoms with E-state index in [2.05, 4.69) is 9.88 Å². The van der Waals surface area contributed by atoms with Crippen molar-refractivity contribution < 1.29 is 19.2 Å². The fourth-order valence-electron chi connectivity index (χ4n) is 3.98. The number of ether oxygens (including phenoxy) is 1. The fraction of sp³-hybridized carbons (Fsp3) is 0.429. The van der Waals surface area contributed by atoms with E-state index in [0.29, 0.717) is 22.5 Å². The molecule has 1 aromatic carbocycles. The molecule has 1 aliphatic rings. The molecular weight excluding hydrogens is 378 g/mol. The number of aryl methyl sites for hydroxylation is 1. The highest BCUT2D eigenvalue weighted by molar-refractivity contribution is 6.33. The van der Waals surface area contributed by atoms with E-state index in [1.165, 1.54) is 12.0 Å². The minimum Gasteiger partial charge on any atom is -0.465 e. The molecule has 0 bridgehead atoms. The molecule has 1 fully saturated rings. The minimum atomic E-state index is -0.418. The molecule has 1 aromatic heterocycles. The number of benzene rings is 1. The maximum absolute atomic E-state index is 13.1. The van der Waals surface area contributed by atoms with Crippen molar-refractivity contribution in [2.24, 2.45) is 0 Å². The second-order valence-corrected chi connectivity index (χ2v) is 7.71. The summed E-state index contributed by atoms with van der Waals surface area (Å²) in [5, 5.41) is 0.753. The van der Waals surface area contributed by atoms with E-state index in [9.17, 15) is 9.59 Å². The first-order valence-electron chi connectivity index (χ1n) is 9.50. The van der Waals surface area contributed by atoms with E-state index in [1.54, 1.807) is 13.8 Å². The van der Waals surface area contributed by atoms with Crippen LogP contribution in [0.15, 0.2) is 24.3 Å². The number of rotatable bonds is 5. The van der Waals surface area contributed by atoms with Crippen molar-refractivity contribution in [3.63, 3.8) is 0 Å². The Morgan fingerprint density at radius 1 is 1.21 bits per heavy atom. The zero-order valence-corrected chi connectivity index (χ0v) is 17.5. The van der Waals surface area contributed by atoms with Crippen LogP contribution < -0.4 is 9.80 Å². The molecule has 0 spiro atoms. The van der Waals surface area contributed by atoms with Gasteiger partial charge in [-0.3, -0.25) is 4.79 Å². The number of anilines is 1. The van der Waals surface area contributed by atoms with Crippen LogP contribution in [0.1, 0.15) is 39.0 Å². The van der Waals surface area contributed by atoms with Crippen molar-refractivity contribution in [3.8, 4) is 0 Å². The van der Waals surface area contributed by atoms with Crippen LogP contribution in [-0.4, -0.2) is 56.1 Å². The molecule has 150 valence electrons. The Bertz CT molecular complexity index is 885. The number of piperazine rings is 1. The number of aromatic amines is 1. The smallest absolute Gasteiger partial charge is 0.339 e. The number of hydrogen-bond donors (Lipinski definition) is 2. The van der Waals surface area contributed by atoms with E-state index in [-0.39, 0.29) is 11.8 Å². The summed E-state index contributed by atoms with van der Waals surface area (Å²) in [6.07, 6.45) is 0. The number of halogens is 1. The number of hydrogen-bond acceptors (Lipinski definition) is 4. The molecule has 0 radical (unpaired) electrons. The molecule has 0 amide bonds. The first-order valence-corrected chi connectivity index (χ1v) is 9.88. The van der Waals surface area contributed by atoms with Gasteiger partial charge < -0.3 is 19.5 Å². The Morgan fingerprint density at radius 3 is 2.46 bits per heavy atom. The lowest BCUT2D eigenvalue weighted by molar-refractivity contribution is -0.914. The molecule has 2 heterocycles. The largest absolute Gasteiger partial charge is 0.465 e. The SMILES string of the molecule is COC(=O)c1c(C)[nH]c(C(=O)[C@@H](C)[NH+]2CCN(c3ccccc3Cl)CC2)c1C. The molecule has 6 nitrogen and oxygen atoms in total. The summed E-state index contributed by atoms with van der Waals surface area (Å²) >= 11 is 6.31. The molecule has 0 aliphatic carbocycles. The van der Waals surface area contributed by atoms with Gasteiger partial charge in [0, 0.05) is 5.69 Å². The van der Waals surface area contributed by atoms with Crippen molar-refractivity contribution in [1.82, 2.24) is 4.98 Å². The lowest BCUT2D eigenvalue weighted by Gasteiger charge is -2.36. The first-order chi connectivity index (χ1) is 13.3. The molecule has 3 rings (SSSR count). The number of aromatic nitrogens is 1. The van der Waals surface area contributed by atoms with E-state index in [0.717, 1.165) is 36.9 Å². The summed E-state index contributed by atoms with van der Waals surface area (Å²) in [5.74, 6) is -0.393. The van der Waals surface area contributed by atoms with Gasteiger partial charge >= 0.3 is 5.97 Å². The quantitative estimate of drug-likeness (QED) is 0.591. The van der Waals surface area contributed by atoms with Crippen LogP contribution >= 0.6 is 11.6 Å². The van der Waals surface area contributed by atoms with E-state index >= 15 is 0 Å². The second-order valence-electron chi connectivity index (χ2n) is 7.30. The van der Waals surface area contributed by atoms with Gasteiger partial charge in [-0.2, -0.15) is 0 Å². The van der Waals surface area contributed by atoms with Crippen molar-refractivity contribution in [3.05, 3.63) is 51.8 Å². The molecule has 1 atom stereocenters. The number of para-hydroxylation sites is 1. The van der Waals surface area contributed by atoms with Crippen LogP contribution in [0.4, 0.5) is 5.69 Å². The Hall–Kier alpha value is -2.31. The predicted octanol–water partition coefficient (Wildman–Crippen LogP) is 2.05. The van der Waals surface area contributed by atoms with Gasteiger partial charge in [0.2, 0.25) is 5.78 Å². The summed E-state index contributed by atoms with van der Waals surface area (Å²) in [6.45, 7) is 8.91. The molecule has 0 unspecified atom stereocenters. The monoisotopic (exact) mass is 404 g/mol. The summed E-state index contributed by atoms with van der Waals surface area (Å²) in [6, 6.07) is 7.65. The number of esters is 1. The lowest BCUT2D eigenvalue weighted by Crippen LogP contribution is -3.18. The topological polar surface area (TPSA) is 66.8 Å². The summed E-state index contributed by atoms with van der Waals surface area (Å²) in [7, 11) is 1.35. The zero-order chi connectivity index (χ0) is 20.4. The Labute approximate surface area is 170 Å². The third-order valence-corrected chi connectivity index (χ3v) is 6.00. The molecule has 7 heteroatoms. The molecular formula is C21H27ClN3O3+. The number of ketones is 1. The lowest BCUT2D eigenvalue weighted by atomic mass is 10.0. The van der Waals surface area contributed by atoms with Crippen LogP contribution in [0, 0.1) is 13.8 Å². The first kappa shape index (κ1) is 20.4. The number of methoxy groups -OCH3 is 1. The molecule has 2 aromatic rings. The highest BCUT2D eigenvalue weighted by Crippen LogP contribution is 2.25. The predicted molar refractivity (Wildman–Crippen MR) is 110 cm³/mol. The van der Waals surface area contributed by atoms with Gasteiger partial charge in [0.25, 0.3) is 0 Å². The van der Waals surface area contributed by atoms with Gasteiger partial charge in [0.05, 0.1) is 55.3 Å². The van der Waals surface area contributed by atoms with Crippen LogP contribution in [0.2, 0.25) is 5.02 Å². The Morgan fingerprint density at radius 2 is 1.86 bits per heavy atom. The third kappa shape index (κ3) is 3.80. The van der Waals surface area contributed by atoms with Crippen molar-refractivity contribution in [1.29, 1.82) is 0 Å². The number of Topliss-reactive ketones (excluding diaryl/α,β-unsaturated/α-hetero) is 1. The number of quaternary nitrogens is 1. The Balaban J connectivity index is 1.70. The zero-order valence-electron chi connectivity index (χ0n) is 16.8. The van der Waals surface area contributed by atoms with Crippen LogP contribution in [0.25, 0.3) is 0 Å². The molecule has 1 saturated heterocycles. The van der Waals surface area contributed by atoms with Gasteiger partial charge in [-0.15, -0.1) is 0 Å². The number of carbonyl (C=O) groups is 2. The Kier molecular flexibility index (Phi) is 6.10. The van der Waals surface area contributed by atoms with E-state index in [1.807, 2.05) is 31.2 Å². The average molecular weight is 405 g/mol. The molecule has 2 N–H and O–H groups in total. The standard InChI is InChI=1S/C21H26ClN3O3/c1-13-18(21(27)28-4)14(2)23-19(13)20(26)15(3)24-9-11-25(12-10-24)17-8-6-5-7-16(17)22/h5-8,15,23H,9-12H2,1-4H3/p+1/t15-/m1/s1. The van der Waals surface area contributed by atoms with Crippen LogP contribution in [0.3, 0.4) is 0 Å². The van der Waals surface area contributed by atoms with Crippen LogP contribution in [0.5, 0.6) is 0 Å². The summed E-state index contributed by atoms with van der Waals surface area (Å²) in [4.78, 5) is 31.7. The maximum atomic E-state index is 13.1. The normalized spacial score (nSPS) is 16.1. The highest BCUT2D eigenvalue weighted by Gasteiger charge is 2.33. The van der Waals surface area contributed by atoms with Gasteiger partial charge in [-0.05, 0) is 38.5 Å². The van der Waals surface area contributed by atoms with E-state index in [4.69, 9.17) is 16.3 Å². The van der Waals surface area contributed by atoms with Gasteiger partial charge in [-0.1, -0.05) is 23.7 Å². The van der Waals surface area contributed by atoms with Crippen molar-refractivity contribution >= 4 is 29.0 Å². The molecule has 1 aliphatic heterocycles. The second kappa shape index (κ2) is 8.37. The summed E-state index contributed by atoms with van der Waals surface area (Å²) < 4.78 is 4.84. The maximum Gasteiger partial charge on any atom is 0.339 e. The van der Waals surface area contributed by atoms with Gasteiger partial charge in [0.15, 0.2) is 6.04 Å². The van der Waals surface area contributed by atoms with Crippen LogP contribution in [-0.2, 0) is 4.74 Å². The highest BCUT2D eigenvalue weighted by atomic mass is 35.5. The fourth-order valence-corrected chi connectivity index (χ4v) is 4.24. The van der Waals surface area contributed by atoms with Gasteiger partial charge in [-0.25, -0.2) is 4.79 Å². The average Bonchev–Trinajstić information content (AvgIpc) is 3.01. The van der Waals surface area contributed by atoms with E-state index < -0.39 is 5.97 Å². The number of nitrogens with zero attached hydrogens (tertiary/aromatic N) is 1. The minimum absolute atomic E-state index is 0.0250. The number of carbonyl (C=O) groups excluding carboxylic acids is 2. The van der Waals surface area contributed by atoms with Gasteiger partial charge in [0.1, 0.15) is 0 Å². The van der Waals surface area contributed by atoms with Crippen molar-refractivity contribution in [2.45, 2.75) is 26.8 Å².